The maximum absolute atomic E-state index is 12.3. The summed E-state index contributed by atoms with van der Waals surface area (Å²) in [5.41, 5.74) is 2.52. The fraction of sp³-hybridized carbons (Fsp3) is 0.273. The molecule has 3 aromatic rings. The lowest BCUT2D eigenvalue weighted by Crippen LogP contribution is -2.39. The van der Waals surface area contributed by atoms with E-state index in [1.54, 1.807) is 23.0 Å². The molecule has 2 aromatic carbocycles. The molecule has 1 unspecified atom stereocenters. The number of hydrogen-bond donors (Lipinski definition) is 3. The van der Waals surface area contributed by atoms with Gasteiger partial charge in [-0.3, -0.25) is 0 Å². The highest BCUT2D eigenvalue weighted by Crippen LogP contribution is 2.19. The number of guanidine groups is 1. The molecule has 0 spiro atoms. The van der Waals surface area contributed by atoms with Crippen molar-refractivity contribution in [3.8, 4) is 11.4 Å². The van der Waals surface area contributed by atoms with E-state index < -0.39 is 12.7 Å². The van der Waals surface area contributed by atoms with Gasteiger partial charge in [0.25, 0.3) is 0 Å². The Morgan fingerprint density at radius 2 is 1.88 bits per heavy atom. The minimum Gasteiger partial charge on any atom is -0.435 e. The number of halogens is 3. The molecule has 3 N–H and O–H groups in total. The van der Waals surface area contributed by atoms with Crippen molar-refractivity contribution < 1.29 is 18.6 Å². The summed E-state index contributed by atoms with van der Waals surface area (Å²) in [5.74, 6) is 0.596. The van der Waals surface area contributed by atoms with Crippen LogP contribution in [0.3, 0.4) is 0 Å². The molecule has 32 heavy (non-hydrogen) atoms. The van der Waals surface area contributed by atoms with Crippen molar-refractivity contribution in [1.82, 2.24) is 20.4 Å². The standard InChI is InChI=1S/C22H25F2N5O2.HI/c1-2-25-22(26-14-17-6-3-4-7-19(17)29-13-5-12-28-29)27-15-20(30)16-8-10-18(11-9-16)31-21(23)24;/h3-13,20-21,30H,2,14-15H2,1H3,(H2,25,26,27);1H. The highest BCUT2D eigenvalue weighted by molar-refractivity contribution is 14.0. The largest absolute Gasteiger partial charge is 0.435 e. The van der Waals surface area contributed by atoms with Crippen molar-refractivity contribution in [3.05, 3.63) is 78.1 Å². The minimum atomic E-state index is -2.88. The van der Waals surface area contributed by atoms with Crippen LogP contribution in [-0.4, -0.2) is 40.5 Å². The molecule has 0 saturated heterocycles. The van der Waals surface area contributed by atoms with Crippen LogP contribution in [0.4, 0.5) is 8.78 Å². The third-order valence-corrected chi connectivity index (χ3v) is 4.45. The number of aliphatic hydroxyl groups is 1. The van der Waals surface area contributed by atoms with Gasteiger partial charge in [-0.2, -0.15) is 13.9 Å². The summed E-state index contributed by atoms with van der Waals surface area (Å²) >= 11 is 0. The van der Waals surface area contributed by atoms with Gasteiger partial charge >= 0.3 is 6.61 Å². The Kier molecular flexibility index (Phi) is 10.3. The van der Waals surface area contributed by atoms with Crippen LogP contribution in [0.5, 0.6) is 5.75 Å². The molecular weight excluding hydrogens is 531 g/mol. The van der Waals surface area contributed by atoms with Crippen molar-refractivity contribution in [3.63, 3.8) is 0 Å². The SMILES string of the molecule is CCNC(=NCc1ccccc1-n1cccn1)NCC(O)c1ccc(OC(F)F)cc1.I. The van der Waals surface area contributed by atoms with Gasteiger partial charge in [0.15, 0.2) is 5.96 Å². The fourth-order valence-electron chi connectivity index (χ4n) is 2.97. The zero-order valence-electron chi connectivity index (χ0n) is 17.5. The van der Waals surface area contributed by atoms with Gasteiger partial charge in [-0.25, -0.2) is 9.67 Å². The number of hydrogen-bond acceptors (Lipinski definition) is 4. The van der Waals surface area contributed by atoms with Crippen molar-refractivity contribution in [2.45, 2.75) is 26.2 Å². The summed E-state index contributed by atoms with van der Waals surface area (Å²) in [5, 5.41) is 20.9. The molecule has 0 radical (unpaired) electrons. The third-order valence-electron chi connectivity index (χ3n) is 4.45. The number of aliphatic hydroxyl groups excluding tert-OH is 1. The van der Waals surface area contributed by atoms with Crippen LogP contribution in [0.2, 0.25) is 0 Å². The number of rotatable bonds is 9. The summed E-state index contributed by atoms with van der Waals surface area (Å²) in [7, 11) is 0. The van der Waals surface area contributed by atoms with E-state index in [4.69, 9.17) is 0 Å². The van der Waals surface area contributed by atoms with E-state index in [1.807, 2.05) is 43.5 Å². The molecule has 1 aromatic heterocycles. The summed E-state index contributed by atoms with van der Waals surface area (Å²) < 4.78 is 30.6. The van der Waals surface area contributed by atoms with Crippen molar-refractivity contribution in [2.75, 3.05) is 13.1 Å². The van der Waals surface area contributed by atoms with Gasteiger partial charge in [0.05, 0.1) is 18.3 Å². The predicted molar refractivity (Wildman–Crippen MR) is 130 cm³/mol. The van der Waals surface area contributed by atoms with Crippen LogP contribution in [-0.2, 0) is 6.54 Å². The molecule has 172 valence electrons. The highest BCUT2D eigenvalue weighted by atomic mass is 127. The topological polar surface area (TPSA) is 83.7 Å². The van der Waals surface area contributed by atoms with E-state index in [1.165, 1.54) is 12.1 Å². The number of ether oxygens (including phenoxy) is 1. The Balaban J connectivity index is 0.00000363. The molecule has 0 amide bonds. The Hall–Kier alpha value is -2.73. The zero-order valence-corrected chi connectivity index (χ0v) is 19.8. The number of benzene rings is 2. The van der Waals surface area contributed by atoms with Crippen molar-refractivity contribution in [2.24, 2.45) is 4.99 Å². The first-order valence-electron chi connectivity index (χ1n) is 9.89. The van der Waals surface area contributed by atoms with Gasteiger partial charge in [0.2, 0.25) is 0 Å². The highest BCUT2D eigenvalue weighted by Gasteiger charge is 2.11. The maximum atomic E-state index is 12.3. The molecule has 0 saturated carbocycles. The summed E-state index contributed by atoms with van der Waals surface area (Å²) in [4.78, 5) is 4.61. The molecule has 0 aliphatic rings. The van der Waals surface area contributed by atoms with Crippen LogP contribution >= 0.6 is 24.0 Å². The monoisotopic (exact) mass is 557 g/mol. The number of para-hydroxylation sites is 1. The molecule has 3 rings (SSSR count). The molecular formula is C22H26F2IN5O2. The molecule has 0 aliphatic heterocycles. The van der Waals surface area contributed by atoms with E-state index in [-0.39, 0.29) is 36.3 Å². The van der Waals surface area contributed by atoms with E-state index in [0.29, 0.717) is 24.6 Å². The molecule has 1 atom stereocenters. The number of nitrogens with one attached hydrogen (secondary N) is 2. The number of alkyl halides is 2. The first kappa shape index (κ1) is 25.5. The Morgan fingerprint density at radius 3 is 2.53 bits per heavy atom. The van der Waals surface area contributed by atoms with Gasteiger partial charge in [-0.15, -0.1) is 24.0 Å². The number of nitrogens with zero attached hydrogens (tertiary/aromatic N) is 3. The van der Waals surface area contributed by atoms with E-state index in [0.717, 1.165) is 11.3 Å². The quantitative estimate of drug-likeness (QED) is 0.212. The Morgan fingerprint density at radius 1 is 1.12 bits per heavy atom. The van der Waals surface area contributed by atoms with Gasteiger partial charge in [-0.05, 0) is 42.3 Å². The first-order chi connectivity index (χ1) is 15.1. The van der Waals surface area contributed by atoms with E-state index >= 15 is 0 Å². The maximum Gasteiger partial charge on any atom is 0.387 e. The molecule has 0 fully saturated rings. The van der Waals surface area contributed by atoms with Crippen molar-refractivity contribution >= 4 is 29.9 Å². The summed E-state index contributed by atoms with van der Waals surface area (Å²) in [6.45, 7) is 0.341. The lowest BCUT2D eigenvalue weighted by atomic mass is 10.1. The van der Waals surface area contributed by atoms with Crippen LogP contribution in [0.25, 0.3) is 5.69 Å². The Labute approximate surface area is 202 Å². The lowest BCUT2D eigenvalue weighted by Gasteiger charge is -2.16. The predicted octanol–water partition coefficient (Wildman–Crippen LogP) is 3.88. The summed E-state index contributed by atoms with van der Waals surface area (Å²) in [6, 6.07) is 15.6. The van der Waals surface area contributed by atoms with E-state index in [2.05, 4.69) is 25.5 Å². The van der Waals surface area contributed by atoms with Crippen LogP contribution in [0.1, 0.15) is 24.2 Å². The summed E-state index contributed by atoms with van der Waals surface area (Å²) in [6.07, 6.45) is 2.75. The van der Waals surface area contributed by atoms with Gasteiger partial charge in [0, 0.05) is 25.5 Å². The van der Waals surface area contributed by atoms with Crippen LogP contribution in [0.15, 0.2) is 72.0 Å². The van der Waals surface area contributed by atoms with Gasteiger partial charge in [0.1, 0.15) is 5.75 Å². The fourth-order valence-corrected chi connectivity index (χ4v) is 2.97. The lowest BCUT2D eigenvalue weighted by molar-refractivity contribution is -0.0498. The Bertz CT molecular complexity index is 969. The van der Waals surface area contributed by atoms with Crippen LogP contribution in [0, 0.1) is 0 Å². The molecule has 1 heterocycles. The first-order valence-corrected chi connectivity index (χ1v) is 9.89. The number of aliphatic imine (C=N–C) groups is 1. The molecule has 0 bridgehead atoms. The second kappa shape index (κ2) is 13.0. The van der Waals surface area contributed by atoms with Crippen molar-refractivity contribution in [1.29, 1.82) is 0 Å². The normalized spacial score (nSPS) is 12.2. The molecule has 10 heteroatoms. The van der Waals surface area contributed by atoms with Gasteiger partial charge in [-0.1, -0.05) is 30.3 Å². The molecule has 7 nitrogen and oxygen atoms in total. The van der Waals surface area contributed by atoms with Crippen LogP contribution < -0.4 is 15.4 Å². The average Bonchev–Trinajstić information content (AvgIpc) is 3.30. The average molecular weight is 557 g/mol. The second-order valence-electron chi connectivity index (χ2n) is 6.62. The van der Waals surface area contributed by atoms with E-state index in [9.17, 15) is 13.9 Å². The second-order valence-corrected chi connectivity index (χ2v) is 6.62. The zero-order chi connectivity index (χ0) is 22.1. The third kappa shape index (κ3) is 7.45. The van der Waals surface area contributed by atoms with Gasteiger partial charge < -0.3 is 20.5 Å². The molecule has 0 aliphatic carbocycles. The number of aromatic nitrogens is 2. The smallest absolute Gasteiger partial charge is 0.387 e. The minimum absolute atomic E-state index is 0.